The average Bonchev–Trinajstić information content (AvgIpc) is 3.20. The van der Waals surface area contributed by atoms with Crippen molar-refractivity contribution in [1.82, 2.24) is 25.1 Å². The fourth-order valence-electron chi connectivity index (χ4n) is 3.93. The number of halogens is 1. The number of hydrogen-bond donors (Lipinski definition) is 0. The van der Waals surface area contributed by atoms with Crippen LogP contribution in [-0.2, 0) is 5.54 Å². The number of aromatic nitrogens is 4. The number of anilines is 1. The van der Waals surface area contributed by atoms with Gasteiger partial charge in [0.25, 0.3) is 0 Å². The van der Waals surface area contributed by atoms with Crippen LogP contribution in [0, 0.1) is 5.82 Å². The second kappa shape index (κ2) is 7.91. The quantitative estimate of drug-likeness (QED) is 0.678. The third-order valence-electron chi connectivity index (χ3n) is 5.36. The van der Waals surface area contributed by atoms with Gasteiger partial charge in [-0.1, -0.05) is 42.5 Å². The van der Waals surface area contributed by atoms with Crippen molar-refractivity contribution in [1.29, 1.82) is 0 Å². The molecular weight excluding hydrogens is 367 g/mol. The van der Waals surface area contributed by atoms with Gasteiger partial charge in [0.1, 0.15) is 5.82 Å². The highest BCUT2D eigenvalue weighted by Gasteiger charge is 2.33. The van der Waals surface area contributed by atoms with Crippen molar-refractivity contribution in [2.75, 3.05) is 31.1 Å². The Balaban J connectivity index is 1.63. The fourth-order valence-corrected chi connectivity index (χ4v) is 3.93. The molecule has 0 N–H and O–H groups in total. The molecule has 152 valence electrons. The first kappa shape index (κ1) is 19.5. The van der Waals surface area contributed by atoms with E-state index in [0.717, 1.165) is 37.6 Å². The minimum Gasteiger partial charge on any atom is -0.367 e. The maximum atomic E-state index is 14.2. The molecule has 1 fully saturated rings. The molecule has 1 atom stereocenters. The summed E-state index contributed by atoms with van der Waals surface area (Å²) in [4.78, 5) is 4.50. The second-order valence-electron chi connectivity index (χ2n) is 8.41. The standard InChI is InChI=1S/C22H27FN6/c1-22(2,3)29-21(24-25-26-29)20(17-9-5-4-6-10-17)28-15-13-27(14-16-28)19-12-8-7-11-18(19)23/h4-12,20H,13-16H2,1-3H3/t20-/m0/s1. The van der Waals surface area contributed by atoms with Gasteiger partial charge in [-0.15, -0.1) is 5.10 Å². The van der Waals surface area contributed by atoms with Crippen LogP contribution < -0.4 is 4.90 Å². The van der Waals surface area contributed by atoms with Crippen molar-refractivity contribution in [3.05, 3.63) is 71.8 Å². The number of nitrogens with zero attached hydrogens (tertiary/aromatic N) is 6. The van der Waals surface area contributed by atoms with E-state index < -0.39 is 0 Å². The van der Waals surface area contributed by atoms with Gasteiger partial charge in [-0.2, -0.15) is 0 Å². The highest BCUT2D eigenvalue weighted by molar-refractivity contribution is 5.48. The van der Waals surface area contributed by atoms with Crippen molar-refractivity contribution >= 4 is 5.69 Å². The minimum absolute atomic E-state index is 0.0480. The highest BCUT2D eigenvalue weighted by Crippen LogP contribution is 2.31. The van der Waals surface area contributed by atoms with Crippen molar-refractivity contribution < 1.29 is 4.39 Å². The number of piperazine rings is 1. The predicted octanol–water partition coefficient (Wildman–Crippen LogP) is 3.48. The second-order valence-corrected chi connectivity index (χ2v) is 8.41. The molecule has 0 aliphatic carbocycles. The SMILES string of the molecule is CC(C)(C)n1nnnc1[C@H](c1ccccc1)N1CCN(c2ccccc2F)CC1. The van der Waals surface area contributed by atoms with E-state index in [0.29, 0.717) is 5.69 Å². The van der Waals surface area contributed by atoms with Crippen molar-refractivity contribution in [2.24, 2.45) is 0 Å². The highest BCUT2D eigenvalue weighted by atomic mass is 19.1. The number of hydrogen-bond acceptors (Lipinski definition) is 5. The summed E-state index contributed by atoms with van der Waals surface area (Å²) in [6.07, 6.45) is 0. The zero-order valence-electron chi connectivity index (χ0n) is 17.2. The third-order valence-corrected chi connectivity index (χ3v) is 5.36. The molecule has 1 aliphatic rings. The molecule has 0 unspecified atom stereocenters. The molecule has 6 nitrogen and oxygen atoms in total. The van der Waals surface area contributed by atoms with E-state index in [2.05, 4.69) is 58.2 Å². The van der Waals surface area contributed by atoms with Gasteiger partial charge in [-0.3, -0.25) is 4.90 Å². The van der Waals surface area contributed by atoms with Crippen LogP contribution in [0.25, 0.3) is 0 Å². The Kier molecular flexibility index (Phi) is 5.32. The Morgan fingerprint density at radius 2 is 1.55 bits per heavy atom. The first-order valence-electron chi connectivity index (χ1n) is 10.0. The van der Waals surface area contributed by atoms with E-state index in [1.54, 1.807) is 6.07 Å². The van der Waals surface area contributed by atoms with E-state index in [9.17, 15) is 4.39 Å². The Hall–Kier alpha value is -2.80. The molecule has 0 radical (unpaired) electrons. The fraction of sp³-hybridized carbons (Fsp3) is 0.409. The minimum atomic E-state index is -0.221. The van der Waals surface area contributed by atoms with Gasteiger partial charge in [0.2, 0.25) is 0 Å². The van der Waals surface area contributed by atoms with E-state index in [1.807, 2.05) is 35.0 Å². The van der Waals surface area contributed by atoms with Crippen LogP contribution in [0.5, 0.6) is 0 Å². The smallest absolute Gasteiger partial charge is 0.173 e. The van der Waals surface area contributed by atoms with Crippen molar-refractivity contribution in [3.63, 3.8) is 0 Å². The lowest BCUT2D eigenvalue weighted by molar-refractivity contribution is 0.191. The Labute approximate surface area is 170 Å². The first-order chi connectivity index (χ1) is 13.9. The van der Waals surface area contributed by atoms with Gasteiger partial charge < -0.3 is 4.90 Å². The molecule has 4 rings (SSSR count). The topological polar surface area (TPSA) is 50.1 Å². The number of rotatable bonds is 4. The lowest BCUT2D eigenvalue weighted by atomic mass is 10.0. The molecule has 1 aliphatic heterocycles. The van der Waals surface area contributed by atoms with Crippen LogP contribution in [0.15, 0.2) is 54.6 Å². The molecule has 7 heteroatoms. The van der Waals surface area contributed by atoms with Gasteiger partial charge in [0.15, 0.2) is 5.82 Å². The van der Waals surface area contributed by atoms with Crippen LogP contribution in [0.4, 0.5) is 10.1 Å². The van der Waals surface area contributed by atoms with Gasteiger partial charge in [-0.05, 0) is 48.9 Å². The van der Waals surface area contributed by atoms with Gasteiger partial charge in [-0.25, -0.2) is 9.07 Å². The summed E-state index contributed by atoms with van der Waals surface area (Å²) in [5.41, 5.74) is 1.61. The van der Waals surface area contributed by atoms with Gasteiger partial charge in [0, 0.05) is 26.2 Å². The molecule has 0 amide bonds. The average molecular weight is 394 g/mol. The zero-order chi connectivity index (χ0) is 20.4. The molecular formula is C22H27FN6. The van der Waals surface area contributed by atoms with E-state index in [1.165, 1.54) is 6.07 Å². The lowest BCUT2D eigenvalue weighted by Crippen LogP contribution is -2.49. The molecule has 1 saturated heterocycles. The predicted molar refractivity (Wildman–Crippen MR) is 111 cm³/mol. The Morgan fingerprint density at radius 1 is 0.897 bits per heavy atom. The third kappa shape index (κ3) is 4.00. The maximum absolute atomic E-state index is 14.2. The van der Waals surface area contributed by atoms with E-state index >= 15 is 0 Å². The van der Waals surface area contributed by atoms with E-state index in [-0.39, 0.29) is 17.4 Å². The largest absolute Gasteiger partial charge is 0.367 e. The molecule has 2 heterocycles. The summed E-state index contributed by atoms with van der Waals surface area (Å²) in [5, 5.41) is 12.7. The van der Waals surface area contributed by atoms with Crippen LogP contribution in [0.2, 0.25) is 0 Å². The van der Waals surface area contributed by atoms with Crippen LogP contribution in [0.3, 0.4) is 0 Å². The molecule has 2 aromatic carbocycles. The normalized spacial score (nSPS) is 16.8. The molecule has 0 saturated carbocycles. The lowest BCUT2D eigenvalue weighted by Gasteiger charge is -2.40. The summed E-state index contributed by atoms with van der Waals surface area (Å²) < 4.78 is 16.1. The molecule has 29 heavy (non-hydrogen) atoms. The molecule has 0 spiro atoms. The number of tetrazole rings is 1. The Bertz CT molecular complexity index is 941. The summed E-state index contributed by atoms with van der Waals surface area (Å²) in [7, 11) is 0. The summed E-state index contributed by atoms with van der Waals surface area (Å²) in [6.45, 7) is 9.40. The monoisotopic (exact) mass is 394 g/mol. The summed E-state index contributed by atoms with van der Waals surface area (Å²) >= 11 is 0. The first-order valence-corrected chi connectivity index (χ1v) is 10.0. The van der Waals surface area contributed by atoms with Gasteiger partial charge >= 0.3 is 0 Å². The Morgan fingerprint density at radius 3 is 2.21 bits per heavy atom. The van der Waals surface area contributed by atoms with Crippen LogP contribution in [-0.4, -0.2) is 51.3 Å². The maximum Gasteiger partial charge on any atom is 0.173 e. The number of benzene rings is 2. The van der Waals surface area contributed by atoms with E-state index in [4.69, 9.17) is 0 Å². The van der Waals surface area contributed by atoms with Crippen molar-refractivity contribution in [2.45, 2.75) is 32.4 Å². The summed E-state index contributed by atoms with van der Waals surface area (Å²) in [6, 6.07) is 17.3. The molecule has 3 aromatic rings. The molecule has 0 bridgehead atoms. The van der Waals surface area contributed by atoms with Crippen LogP contribution >= 0.6 is 0 Å². The van der Waals surface area contributed by atoms with Crippen molar-refractivity contribution in [3.8, 4) is 0 Å². The number of para-hydroxylation sites is 1. The zero-order valence-corrected chi connectivity index (χ0v) is 17.2. The van der Waals surface area contributed by atoms with Gasteiger partial charge in [0.05, 0.1) is 17.3 Å². The van der Waals surface area contributed by atoms with Crippen LogP contribution in [0.1, 0.15) is 38.2 Å². The summed E-state index contributed by atoms with van der Waals surface area (Å²) in [5.74, 6) is 0.667. The molecule has 1 aromatic heterocycles.